The Morgan fingerprint density at radius 3 is 2.74 bits per heavy atom. The minimum Gasteiger partial charge on any atom is -0.444 e. The fraction of sp³-hybridized carbons (Fsp3) is 0.480. The number of nitrogens with two attached hydrogens (primary N) is 1. The van der Waals surface area contributed by atoms with Crippen molar-refractivity contribution in [2.45, 2.75) is 62.0 Å². The smallest absolute Gasteiger partial charge is 0.229 e. The van der Waals surface area contributed by atoms with Crippen LogP contribution in [-0.4, -0.2) is 33.9 Å². The molecule has 1 saturated heterocycles. The summed E-state index contributed by atoms with van der Waals surface area (Å²) in [5, 5.41) is 3.66. The Balaban J connectivity index is 1.24. The number of rotatable bonds is 7. The topological polar surface area (TPSA) is 97.3 Å². The van der Waals surface area contributed by atoms with Crippen molar-refractivity contribution >= 4 is 39.8 Å². The van der Waals surface area contributed by atoms with Gasteiger partial charge in [0.15, 0.2) is 5.13 Å². The minimum atomic E-state index is -0.0540. The fourth-order valence-corrected chi connectivity index (χ4v) is 5.76. The van der Waals surface area contributed by atoms with E-state index in [9.17, 15) is 4.79 Å². The molecular weight excluding hydrogens is 466 g/mol. The van der Waals surface area contributed by atoms with E-state index in [2.05, 4.69) is 53.9 Å². The summed E-state index contributed by atoms with van der Waals surface area (Å²) in [5.41, 5.74) is 7.89. The molecule has 0 spiro atoms. The lowest BCUT2D eigenvalue weighted by Crippen LogP contribution is -2.39. The van der Waals surface area contributed by atoms with Crippen LogP contribution < -0.4 is 11.1 Å². The summed E-state index contributed by atoms with van der Waals surface area (Å²) < 4.78 is 6.88. The molecule has 3 aromatic rings. The standard InChI is InChI=1S/C25H33N5O2S2/c1-16(18-6-5-7-19(26)12-18)30-10-8-17(9-11-30)23(31)29-24-28-14-22(34-24)33-15-21-27-13-20(32-21)25(2,3)4/h5-7,12-14,16-17H,8-11,15,26H2,1-4H3,(H,28,29,31). The number of amides is 1. The number of nitrogens with one attached hydrogen (secondary N) is 1. The summed E-state index contributed by atoms with van der Waals surface area (Å²) in [5.74, 6) is 2.29. The van der Waals surface area contributed by atoms with E-state index in [-0.39, 0.29) is 23.3 Å². The summed E-state index contributed by atoms with van der Waals surface area (Å²) in [6, 6.07) is 8.34. The SMILES string of the molecule is CC(c1cccc(N)c1)N1CCC(C(=O)Nc2ncc(SCc3ncc(C(C)(C)C)o3)s2)CC1. The molecule has 1 unspecified atom stereocenters. The third kappa shape index (κ3) is 6.20. The van der Waals surface area contributed by atoms with Crippen molar-refractivity contribution in [3.05, 3.63) is 53.9 Å². The fourth-order valence-electron chi connectivity index (χ4n) is 4.03. The van der Waals surface area contributed by atoms with Crippen LogP contribution in [0.15, 0.2) is 45.3 Å². The molecule has 34 heavy (non-hydrogen) atoms. The van der Waals surface area contributed by atoms with Crippen LogP contribution in [0, 0.1) is 5.92 Å². The first-order chi connectivity index (χ1) is 16.2. The van der Waals surface area contributed by atoms with E-state index >= 15 is 0 Å². The Labute approximate surface area is 209 Å². The predicted molar refractivity (Wildman–Crippen MR) is 139 cm³/mol. The number of benzene rings is 1. The highest BCUT2D eigenvalue weighted by Crippen LogP contribution is 2.33. The second-order valence-electron chi connectivity index (χ2n) is 9.79. The molecule has 0 saturated carbocycles. The predicted octanol–water partition coefficient (Wildman–Crippen LogP) is 5.71. The number of thioether (sulfide) groups is 1. The monoisotopic (exact) mass is 499 g/mol. The lowest BCUT2D eigenvalue weighted by atomic mass is 9.94. The van der Waals surface area contributed by atoms with Gasteiger partial charge in [-0.2, -0.15) is 0 Å². The molecule has 2 aromatic heterocycles. The molecule has 0 bridgehead atoms. The van der Waals surface area contributed by atoms with E-state index in [1.807, 2.05) is 18.2 Å². The van der Waals surface area contributed by atoms with E-state index in [0.717, 1.165) is 41.6 Å². The molecule has 3 heterocycles. The van der Waals surface area contributed by atoms with Gasteiger partial charge in [0.2, 0.25) is 11.8 Å². The number of hydrogen-bond donors (Lipinski definition) is 2. The molecule has 4 rings (SSSR count). The van der Waals surface area contributed by atoms with Gasteiger partial charge in [-0.3, -0.25) is 9.69 Å². The first-order valence-electron chi connectivity index (χ1n) is 11.6. The molecule has 1 fully saturated rings. The Morgan fingerprint density at radius 2 is 2.06 bits per heavy atom. The molecule has 3 N–H and O–H groups in total. The van der Waals surface area contributed by atoms with E-state index in [4.69, 9.17) is 10.2 Å². The summed E-state index contributed by atoms with van der Waals surface area (Å²) >= 11 is 3.11. The average molecular weight is 500 g/mol. The maximum Gasteiger partial charge on any atom is 0.229 e. The van der Waals surface area contributed by atoms with Gasteiger partial charge in [-0.1, -0.05) is 44.2 Å². The third-order valence-electron chi connectivity index (χ3n) is 6.19. The van der Waals surface area contributed by atoms with Crippen molar-refractivity contribution in [1.82, 2.24) is 14.9 Å². The first kappa shape index (κ1) is 24.8. The number of carbonyl (C=O) groups excluding carboxylic acids is 1. The zero-order valence-corrected chi connectivity index (χ0v) is 21.8. The van der Waals surface area contributed by atoms with Gasteiger partial charge in [-0.25, -0.2) is 9.97 Å². The largest absolute Gasteiger partial charge is 0.444 e. The van der Waals surface area contributed by atoms with Crippen molar-refractivity contribution in [3.8, 4) is 0 Å². The number of carbonyl (C=O) groups is 1. The average Bonchev–Trinajstić information content (AvgIpc) is 3.47. The molecule has 9 heteroatoms. The van der Waals surface area contributed by atoms with Crippen molar-refractivity contribution in [2.75, 3.05) is 24.1 Å². The van der Waals surface area contributed by atoms with Crippen molar-refractivity contribution < 1.29 is 9.21 Å². The van der Waals surface area contributed by atoms with Crippen LogP contribution in [0.4, 0.5) is 10.8 Å². The molecule has 1 amide bonds. The molecular formula is C25H33N5O2S2. The Bertz CT molecular complexity index is 1110. The molecule has 1 aromatic carbocycles. The van der Waals surface area contributed by atoms with Crippen LogP contribution in [0.25, 0.3) is 0 Å². The highest BCUT2D eigenvalue weighted by Gasteiger charge is 2.28. The highest BCUT2D eigenvalue weighted by molar-refractivity contribution is 8.00. The van der Waals surface area contributed by atoms with E-state index in [0.29, 0.717) is 16.8 Å². The van der Waals surface area contributed by atoms with Crippen LogP contribution in [0.5, 0.6) is 0 Å². The molecule has 1 aliphatic rings. The molecule has 182 valence electrons. The normalized spacial score (nSPS) is 16.5. The van der Waals surface area contributed by atoms with Crippen LogP contribution in [0.1, 0.15) is 63.8 Å². The van der Waals surface area contributed by atoms with Gasteiger partial charge in [0, 0.05) is 23.1 Å². The van der Waals surface area contributed by atoms with E-state index < -0.39 is 0 Å². The molecule has 0 aliphatic carbocycles. The van der Waals surface area contributed by atoms with Gasteiger partial charge >= 0.3 is 0 Å². The zero-order valence-electron chi connectivity index (χ0n) is 20.2. The van der Waals surface area contributed by atoms with Crippen LogP contribution in [-0.2, 0) is 16.0 Å². The second-order valence-corrected chi connectivity index (χ2v) is 12.1. The number of oxazole rings is 1. The summed E-state index contributed by atoms with van der Waals surface area (Å²) in [6.45, 7) is 10.3. The lowest BCUT2D eigenvalue weighted by molar-refractivity contribution is -0.121. The first-order valence-corrected chi connectivity index (χ1v) is 13.4. The van der Waals surface area contributed by atoms with Gasteiger partial charge in [0.05, 0.1) is 22.4 Å². The van der Waals surface area contributed by atoms with Crippen molar-refractivity contribution in [2.24, 2.45) is 5.92 Å². The van der Waals surface area contributed by atoms with Gasteiger partial charge in [-0.05, 0) is 50.6 Å². The maximum absolute atomic E-state index is 12.8. The number of aromatic nitrogens is 2. The Hall–Kier alpha value is -2.36. The number of thiazole rings is 1. The molecule has 1 aliphatic heterocycles. The van der Waals surface area contributed by atoms with E-state index in [1.54, 1.807) is 24.2 Å². The summed E-state index contributed by atoms with van der Waals surface area (Å²) in [6.07, 6.45) is 5.28. The summed E-state index contributed by atoms with van der Waals surface area (Å²) in [7, 11) is 0. The molecule has 1 atom stereocenters. The molecule has 7 nitrogen and oxygen atoms in total. The zero-order chi connectivity index (χ0) is 24.3. The lowest BCUT2D eigenvalue weighted by Gasteiger charge is -2.35. The van der Waals surface area contributed by atoms with Crippen LogP contribution in [0.3, 0.4) is 0 Å². The van der Waals surface area contributed by atoms with Crippen LogP contribution in [0.2, 0.25) is 0 Å². The number of anilines is 2. The number of piperidine rings is 1. The van der Waals surface area contributed by atoms with Crippen LogP contribution >= 0.6 is 23.1 Å². The van der Waals surface area contributed by atoms with Gasteiger partial charge < -0.3 is 15.5 Å². The van der Waals surface area contributed by atoms with Gasteiger partial charge in [-0.15, -0.1) is 11.8 Å². The van der Waals surface area contributed by atoms with E-state index in [1.165, 1.54) is 16.9 Å². The van der Waals surface area contributed by atoms with Crippen molar-refractivity contribution in [3.63, 3.8) is 0 Å². The molecule has 0 radical (unpaired) electrons. The quantitative estimate of drug-likeness (QED) is 0.317. The third-order valence-corrected chi connectivity index (χ3v) is 8.28. The van der Waals surface area contributed by atoms with Crippen molar-refractivity contribution in [1.29, 1.82) is 0 Å². The minimum absolute atomic E-state index is 0.00688. The number of nitrogens with zero attached hydrogens (tertiary/aromatic N) is 3. The highest BCUT2D eigenvalue weighted by atomic mass is 32.2. The number of hydrogen-bond acceptors (Lipinski definition) is 8. The number of nitrogen functional groups attached to an aromatic ring is 1. The van der Waals surface area contributed by atoms with Gasteiger partial charge in [0.25, 0.3) is 0 Å². The number of likely N-dealkylation sites (tertiary alicyclic amines) is 1. The van der Waals surface area contributed by atoms with Gasteiger partial charge in [0.1, 0.15) is 5.76 Å². The maximum atomic E-state index is 12.8. The Kier molecular flexibility index (Phi) is 7.64. The second kappa shape index (κ2) is 10.5. The Morgan fingerprint density at radius 1 is 1.29 bits per heavy atom. The summed E-state index contributed by atoms with van der Waals surface area (Å²) in [4.78, 5) is 24.0.